The molecular weight excluding hydrogens is 201 g/mol. The van der Waals surface area contributed by atoms with Crippen LogP contribution in [0.3, 0.4) is 0 Å². The maximum absolute atomic E-state index is 11.2. The van der Waals surface area contributed by atoms with Crippen molar-refractivity contribution in [2.45, 2.75) is 0 Å². The third-order valence-electron chi connectivity index (χ3n) is 1.85. The second kappa shape index (κ2) is 4.90. The van der Waals surface area contributed by atoms with Gasteiger partial charge in [-0.2, -0.15) is 5.48 Å². The fourth-order valence-electron chi connectivity index (χ4n) is 1.14. The molecule has 0 radical (unpaired) electrons. The molecule has 0 aliphatic carbocycles. The molecule has 0 unspecified atom stereocenters. The lowest BCUT2D eigenvalue weighted by Gasteiger charge is -2.04. The summed E-state index contributed by atoms with van der Waals surface area (Å²) in [5.41, 5.74) is 1.31. The van der Waals surface area contributed by atoms with Crippen molar-refractivity contribution in [2.75, 3.05) is 7.11 Å². The molecule has 0 bridgehead atoms. The molecule has 0 aromatic heterocycles. The summed E-state index contributed by atoms with van der Waals surface area (Å²) < 4.78 is 4.47. The number of carbonyl (C=O) groups is 1. The molecule has 0 saturated carbocycles. The summed E-state index contributed by atoms with van der Waals surface area (Å²) >= 11 is 0. The maximum atomic E-state index is 11.2. The van der Waals surface area contributed by atoms with Gasteiger partial charge in [-0.05, 0) is 11.5 Å². The van der Waals surface area contributed by atoms with Crippen LogP contribution in [0.1, 0.15) is 10.4 Å². The van der Waals surface area contributed by atoms with Gasteiger partial charge in [0.1, 0.15) is 0 Å². The molecule has 1 aromatic carbocycles. The predicted molar refractivity (Wildman–Crippen MR) is 51.0 cm³/mol. The lowest BCUT2D eigenvalue weighted by Crippen LogP contribution is -2.74. The van der Waals surface area contributed by atoms with Gasteiger partial charge >= 0.3 is 13.1 Å². The minimum Gasteiger partial charge on any atom is -0.465 e. The van der Waals surface area contributed by atoms with Crippen molar-refractivity contribution in [3.05, 3.63) is 23.8 Å². The largest absolute Gasteiger partial charge is 0.488 e. The number of nitrogens with two attached hydrogens (primary N) is 1. The Morgan fingerprint density at radius 1 is 1.40 bits per heavy atom. The summed E-state index contributed by atoms with van der Waals surface area (Å²) in [5.74, 6) is -0.611. The van der Waals surface area contributed by atoms with Crippen molar-refractivity contribution in [3.8, 4) is 0 Å². The molecule has 0 aliphatic rings. The van der Waals surface area contributed by atoms with Crippen LogP contribution in [0.5, 0.6) is 0 Å². The molecule has 1 aromatic rings. The lowest BCUT2D eigenvalue weighted by molar-refractivity contribution is -0.825. The molecule has 7 heteroatoms. The van der Waals surface area contributed by atoms with Crippen molar-refractivity contribution < 1.29 is 30.3 Å². The molecule has 0 atom stereocenters. The Bertz CT molecular complexity index is 368. The average molecular weight is 212 g/mol. The highest BCUT2D eigenvalue weighted by atomic mass is 16.5. The van der Waals surface area contributed by atoms with Crippen LogP contribution in [-0.4, -0.2) is 35.5 Å². The molecule has 5 N–H and O–H groups in total. The van der Waals surface area contributed by atoms with Crippen molar-refractivity contribution in [1.29, 1.82) is 0 Å². The van der Waals surface area contributed by atoms with Crippen LogP contribution in [0.4, 0.5) is 5.69 Å². The van der Waals surface area contributed by atoms with Crippen LogP contribution in [-0.2, 0) is 4.74 Å². The first-order valence-electron chi connectivity index (χ1n) is 4.15. The molecular formula is C8H11BNO5+. The molecule has 0 heterocycles. The molecule has 80 valence electrons. The van der Waals surface area contributed by atoms with Crippen molar-refractivity contribution in [2.24, 2.45) is 0 Å². The lowest BCUT2D eigenvalue weighted by atomic mass is 9.79. The minimum absolute atomic E-state index is 0.109. The van der Waals surface area contributed by atoms with E-state index in [0.29, 0.717) is 5.69 Å². The number of esters is 1. The first-order valence-corrected chi connectivity index (χ1v) is 4.15. The zero-order chi connectivity index (χ0) is 11.4. The average Bonchev–Trinajstić information content (AvgIpc) is 2.27. The van der Waals surface area contributed by atoms with Crippen molar-refractivity contribution >= 4 is 24.2 Å². The Hall–Kier alpha value is -1.41. The van der Waals surface area contributed by atoms with Gasteiger partial charge in [0.2, 0.25) is 0 Å². The quantitative estimate of drug-likeness (QED) is 0.196. The number of ether oxygens (including phenoxy) is 1. The van der Waals surface area contributed by atoms with E-state index in [1.807, 2.05) is 0 Å². The van der Waals surface area contributed by atoms with E-state index in [2.05, 4.69) is 4.74 Å². The van der Waals surface area contributed by atoms with Gasteiger partial charge in [-0.15, -0.1) is 0 Å². The van der Waals surface area contributed by atoms with E-state index in [-0.39, 0.29) is 11.0 Å². The summed E-state index contributed by atoms with van der Waals surface area (Å²) in [6, 6.07) is 4.00. The highest BCUT2D eigenvalue weighted by Crippen LogP contribution is 2.05. The number of quaternary nitrogens is 1. The number of rotatable bonds is 3. The molecule has 0 saturated heterocycles. The van der Waals surface area contributed by atoms with E-state index < -0.39 is 13.1 Å². The highest BCUT2D eigenvalue weighted by molar-refractivity contribution is 6.58. The summed E-state index contributed by atoms with van der Waals surface area (Å²) in [6.45, 7) is 0. The Morgan fingerprint density at radius 3 is 2.53 bits per heavy atom. The van der Waals surface area contributed by atoms with Gasteiger partial charge in [-0.25, -0.2) is 10.0 Å². The standard InChI is InChI=1S/C8H10BNO5/c1-15-8(11)5-2-6(9(12)13)4-7(3-5)10-14/h2-4,10,12-14H,1H3/p+1. The zero-order valence-corrected chi connectivity index (χ0v) is 8.04. The van der Waals surface area contributed by atoms with Crippen LogP contribution >= 0.6 is 0 Å². The molecule has 0 aliphatic heterocycles. The van der Waals surface area contributed by atoms with Gasteiger partial charge in [0, 0.05) is 12.1 Å². The predicted octanol–water partition coefficient (Wildman–Crippen LogP) is -2.26. The number of hydrogen-bond donors (Lipinski definition) is 4. The van der Waals surface area contributed by atoms with Crippen LogP contribution in [0.15, 0.2) is 18.2 Å². The summed E-state index contributed by atoms with van der Waals surface area (Å²) in [7, 11) is -0.486. The van der Waals surface area contributed by atoms with Gasteiger partial charge in [-0.1, -0.05) is 0 Å². The van der Waals surface area contributed by atoms with E-state index in [1.54, 1.807) is 0 Å². The summed E-state index contributed by atoms with van der Waals surface area (Å²) in [5, 5.41) is 26.6. The first kappa shape index (κ1) is 11.7. The van der Waals surface area contributed by atoms with Gasteiger partial charge in [-0.3, -0.25) is 0 Å². The van der Waals surface area contributed by atoms with E-state index in [4.69, 9.17) is 15.3 Å². The second-order valence-corrected chi connectivity index (χ2v) is 2.88. The Morgan fingerprint density at radius 2 is 2.07 bits per heavy atom. The number of carbonyl (C=O) groups excluding carboxylic acids is 1. The van der Waals surface area contributed by atoms with Crippen molar-refractivity contribution in [3.63, 3.8) is 0 Å². The third-order valence-corrected chi connectivity index (χ3v) is 1.85. The molecule has 0 spiro atoms. The van der Waals surface area contributed by atoms with E-state index in [9.17, 15) is 4.79 Å². The Balaban J connectivity index is 3.17. The van der Waals surface area contributed by atoms with Gasteiger partial charge in [0.25, 0.3) is 0 Å². The fraction of sp³-hybridized carbons (Fsp3) is 0.125. The monoisotopic (exact) mass is 212 g/mol. The van der Waals surface area contributed by atoms with Crippen LogP contribution in [0.2, 0.25) is 0 Å². The SMILES string of the molecule is COC(=O)c1cc([NH2+]O)cc(B(O)O)c1. The fourth-order valence-corrected chi connectivity index (χ4v) is 1.14. The van der Waals surface area contributed by atoms with Crippen LogP contribution in [0.25, 0.3) is 0 Å². The molecule has 0 fully saturated rings. The van der Waals surface area contributed by atoms with Gasteiger partial charge in [0.15, 0.2) is 5.69 Å². The normalized spacial score (nSPS) is 9.87. The Labute approximate surface area is 86.2 Å². The second-order valence-electron chi connectivity index (χ2n) is 2.88. The first-order chi connectivity index (χ1) is 7.08. The number of methoxy groups -OCH3 is 1. The van der Waals surface area contributed by atoms with Crippen LogP contribution < -0.4 is 10.9 Å². The van der Waals surface area contributed by atoms with Gasteiger partial charge in [0.05, 0.1) is 12.7 Å². The van der Waals surface area contributed by atoms with E-state index in [0.717, 1.165) is 5.48 Å². The summed E-state index contributed by atoms with van der Waals surface area (Å²) in [6.07, 6.45) is 0. The third kappa shape index (κ3) is 2.77. The molecule has 0 amide bonds. The van der Waals surface area contributed by atoms with E-state index in [1.165, 1.54) is 25.3 Å². The molecule has 15 heavy (non-hydrogen) atoms. The minimum atomic E-state index is -1.70. The van der Waals surface area contributed by atoms with Gasteiger partial charge < -0.3 is 14.8 Å². The Kier molecular flexibility index (Phi) is 3.81. The summed E-state index contributed by atoms with van der Waals surface area (Å²) in [4.78, 5) is 11.2. The topological polar surface area (TPSA) is 104 Å². The van der Waals surface area contributed by atoms with Crippen molar-refractivity contribution in [1.82, 2.24) is 0 Å². The van der Waals surface area contributed by atoms with E-state index >= 15 is 0 Å². The van der Waals surface area contributed by atoms with Crippen LogP contribution in [0, 0.1) is 0 Å². The molecule has 6 nitrogen and oxygen atoms in total. The number of benzene rings is 1. The smallest absolute Gasteiger partial charge is 0.465 e. The highest BCUT2D eigenvalue weighted by Gasteiger charge is 2.17. The maximum Gasteiger partial charge on any atom is 0.488 e. The zero-order valence-electron chi connectivity index (χ0n) is 8.04. The molecule has 1 rings (SSSR count). The number of hydrogen-bond acceptors (Lipinski definition) is 5.